The van der Waals surface area contributed by atoms with Gasteiger partial charge in [0.1, 0.15) is 0 Å². The van der Waals surface area contributed by atoms with E-state index in [4.69, 9.17) is 0 Å². The van der Waals surface area contributed by atoms with E-state index < -0.39 is 4.92 Å². The van der Waals surface area contributed by atoms with Crippen molar-refractivity contribution in [1.29, 1.82) is 0 Å². The second-order valence-electron chi connectivity index (χ2n) is 6.18. The molecule has 1 saturated heterocycles. The molecular formula is C18H21N3O3. The molecule has 0 aliphatic carbocycles. The van der Waals surface area contributed by atoms with E-state index in [0.717, 1.165) is 31.7 Å². The van der Waals surface area contributed by atoms with Gasteiger partial charge < -0.3 is 10.0 Å². The lowest BCUT2D eigenvalue weighted by Gasteiger charge is -2.36. The Hall–Kier alpha value is -2.60. The maximum atomic E-state index is 10.9. The lowest BCUT2D eigenvalue weighted by molar-refractivity contribution is -0.385. The highest BCUT2D eigenvalue weighted by molar-refractivity contribution is 5.48. The van der Waals surface area contributed by atoms with Crippen LogP contribution in [0.1, 0.15) is 11.1 Å². The Labute approximate surface area is 141 Å². The van der Waals surface area contributed by atoms with Gasteiger partial charge in [0.2, 0.25) is 0 Å². The van der Waals surface area contributed by atoms with Crippen molar-refractivity contribution in [3.05, 3.63) is 63.7 Å². The summed E-state index contributed by atoms with van der Waals surface area (Å²) in [5.41, 5.74) is 3.11. The van der Waals surface area contributed by atoms with Crippen molar-refractivity contribution in [1.82, 2.24) is 4.90 Å². The van der Waals surface area contributed by atoms with Crippen LogP contribution in [0.2, 0.25) is 0 Å². The molecule has 126 valence electrons. The van der Waals surface area contributed by atoms with E-state index in [-0.39, 0.29) is 11.4 Å². The fourth-order valence-corrected chi connectivity index (χ4v) is 2.99. The molecule has 0 amide bonds. The molecule has 2 aromatic carbocycles. The Bertz CT molecular complexity index is 723. The molecule has 0 aromatic heterocycles. The standard InChI is InChI=1S/C18H21N3O3/c1-14-2-5-16(6-3-14)20-10-8-19(9-11-20)13-15-4-7-18(22)17(12-15)21(23)24/h2-7,12,22H,8-11,13H2,1H3. The van der Waals surface area contributed by atoms with E-state index in [0.29, 0.717) is 6.54 Å². The third-order valence-corrected chi connectivity index (χ3v) is 4.41. The number of aromatic hydroxyl groups is 1. The molecule has 2 aromatic rings. The van der Waals surface area contributed by atoms with Crippen LogP contribution in [0.3, 0.4) is 0 Å². The highest BCUT2D eigenvalue weighted by Gasteiger charge is 2.19. The summed E-state index contributed by atoms with van der Waals surface area (Å²) in [6.45, 7) is 6.42. The summed E-state index contributed by atoms with van der Waals surface area (Å²) in [6, 6.07) is 13.1. The van der Waals surface area contributed by atoms with Crippen molar-refractivity contribution < 1.29 is 10.0 Å². The van der Waals surface area contributed by atoms with E-state index in [2.05, 4.69) is 41.0 Å². The zero-order valence-electron chi connectivity index (χ0n) is 13.7. The van der Waals surface area contributed by atoms with Crippen LogP contribution in [0.25, 0.3) is 0 Å². The van der Waals surface area contributed by atoms with Crippen molar-refractivity contribution in [2.75, 3.05) is 31.1 Å². The van der Waals surface area contributed by atoms with Gasteiger partial charge in [-0.1, -0.05) is 23.8 Å². The number of nitro benzene ring substituents is 1. The van der Waals surface area contributed by atoms with E-state index in [1.807, 2.05) is 0 Å². The summed E-state index contributed by atoms with van der Waals surface area (Å²) < 4.78 is 0. The maximum absolute atomic E-state index is 10.9. The predicted octanol–water partition coefficient (Wildman–Crippen LogP) is 2.93. The third-order valence-electron chi connectivity index (χ3n) is 4.41. The number of aryl methyl sites for hydroxylation is 1. The fraction of sp³-hybridized carbons (Fsp3) is 0.333. The first-order valence-electron chi connectivity index (χ1n) is 8.03. The normalized spacial score (nSPS) is 15.5. The molecule has 6 heteroatoms. The lowest BCUT2D eigenvalue weighted by Crippen LogP contribution is -2.45. The van der Waals surface area contributed by atoms with E-state index in [1.54, 1.807) is 6.07 Å². The minimum absolute atomic E-state index is 0.231. The molecule has 1 aliphatic rings. The molecule has 0 unspecified atom stereocenters. The van der Waals surface area contributed by atoms with Gasteiger partial charge in [-0.05, 0) is 30.7 Å². The molecule has 1 aliphatic heterocycles. The summed E-state index contributed by atoms with van der Waals surface area (Å²) in [6.07, 6.45) is 0. The van der Waals surface area contributed by atoms with Gasteiger partial charge in [-0.25, -0.2) is 0 Å². The smallest absolute Gasteiger partial charge is 0.311 e. The van der Waals surface area contributed by atoms with Gasteiger partial charge in [-0.2, -0.15) is 0 Å². The van der Waals surface area contributed by atoms with Crippen LogP contribution in [-0.4, -0.2) is 41.1 Å². The maximum Gasteiger partial charge on any atom is 0.311 e. The average Bonchev–Trinajstić information content (AvgIpc) is 2.58. The van der Waals surface area contributed by atoms with Gasteiger partial charge in [-0.15, -0.1) is 0 Å². The summed E-state index contributed by atoms with van der Waals surface area (Å²) >= 11 is 0. The summed E-state index contributed by atoms with van der Waals surface area (Å²) in [7, 11) is 0. The second-order valence-corrected chi connectivity index (χ2v) is 6.18. The number of phenolic OH excluding ortho intramolecular Hbond substituents is 1. The topological polar surface area (TPSA) is 69.8 Å². The summed E-state index contributed by atoms with van der Waals surface area (Å²) in [5.74, 6) is -0.284. The molecule has 1 fully saturated rings. The van der Waals surface area contributed by atoms with Gasteiger partial charge in [-0.3, -0.25) is 15.0 Å². The van der Waals surface area contributed by atoms with Crippen molar-refractivity contribution in [2.45, 2.75) is 13.5 Å². The number of benzene rings is 2. The monoisotopic (exact) mass is 327 g/mol. The molecule has 0 spiro atoms. The Kier molecular flexibility index (Phi) is 4.66. The van der Waals surface area contributed by atoms with E-state index in [9.17, 15) is 15.2 Å². The third kappa shape index (κ3) is 3.65. The molecule has 3 rings (SSSR count). The summed E-state index contributed by atoms with van der Waals surface area (Å²) in [5, 5.41) is 20.4. The Morgan fingerprint density at radius 1 is 1.08 bits per heavy atom. The second kappa shape index (κ2) is 6.88. The molecule has 0 radical (unpaired) electrons. The quantitative estimate of drug-likeness (QED) is 0.690. The van der Waals surface area contributed by atoms with Crippen molar-refractivity contribution in [3.8, 4) is 5.75 Å². The zero-order valence-corrected chi connectivity index (χ0v) is 13.7. The fourth-order valence-electron chi connectivity index (χ4n) is 2.99. The van der Waals surface area contributed by atoms with Gasteiger partial charge in [0.25, 0.3) is 0 Å². The number of rotatable bonds is 4. The van der Waals surface area contributed by atoms with E-state index >= 15 is 0 Å². The molecule has 6 nitrogen and oxygen atoms in total. The largest absolute Gasteiger partial charge is 0.502 e. The number of piperazine rings is 1. The number of phenols is 1. The van der Waals surface area contributed by atoms with Crippen molar-refractivity contribution in [3.63, 3.8) is 0 Å². The molecule has 1 heterocycles. The number of anilines is 1. The van der Waals surface area contributed by atoms with Gasteiger partial charge >= 0.3 is 5.69 Å². The van der Waals surface area contributed by atoms with Crippen LogP contribution in [0.4, 0.5) is 11.4 Å². The first-order valence-corrected chi connectivity index (χ1v) is 8.03. The van der Waals surface area contributed by atoms with Gasteiger partial charge in [0.05, 0.1) is 4.92 Å². The van der Waals surface area contributed by atoms with Crippen LogP contribution < -0.4 is 4.90 Å². The number of hydrogen-bond acceptors (Lipinski definition) is 5. The molecule has 0 bridgehead atoms. The zero-order chi connectivity index (χ0) is 17.1. The average molecular weight is 327 g/mol. The first kappa shape index (κ1) is 16.3. The Morgan fingerprint density at radius 2 is 1.75 bits per heavy atom. The minimum Gasteiger partial charge on any atom is -0.502 e. The number of nitrogens with zero attached hydrogens (tertiary/aromatic N) is 3. The molecule has 1 N–H and O–H groups in total. The van der Waals surface area contributed by atoms with Crippen LogP contribution in [0.5, 0.6) is 5.75 Å². The highest BCUT2D eigenvalue weighted by Crippen LogP contribution is 2.27. The first-order chi connectivity index (χ1) is 11.5. The molecular weight excluding hydrogens is 306 g/mol. The minimum atomic E-state index is -0.547. The van der Waals surface area contributed by atoms with Crippen LogP contribution >= 0.6 is 0 Å². The molecule has 0 atom stereocenters. The van der Waals surface area contributed by atoms with E-state index in [1.165, 1.54) is 23.4 Å². The Balaban J connectivity index is 1.60. The Morgan fingerprint density at radius 3 is 2.38 bits per heavy atom. The van der Waals surface area contributed by atoms with Gasteiger partial charge in [0.15, 0.2) is 5.75 Å². The van der Waals surface area contributed by atoms with Crippen LogP contribution in [0.15, 0.2) is 42.5 Å². The molecule has 24 heavy (non-hydrogen) atoms. The van der Waals surface area contributed by atoms with Crippen molar-refractivity contribution >= 4 is 11.4 Å². The van der Waals surface area contributed by atoms with Gasteiger partial charge in [0, 0.05) is 44.5 Å². The van der Waals surface area contributed by atoms with Crippen molar-refractivity contribution in [2.24, 2.45) is 0 Å². The number of nitro groups is 1. The number of hydrogen-bond donors (Lipinski definition) is 1. The van der Waals surface area contributed by atoms with Crippen LogP contribution in [-0.2, 0) is 6.54 Å². The predicted molar refractivity (Wildman–Crippen MR) is 93.4 cm³/mol. The van der Waals surface area contributed by atoms with Crippen LogP contribution in [0, 0.1) is 17.0 Å². The highest BCUT2D eigenvalue weighted by atomic mass is 16.6. The summed E-state index contributed by atoms with van der Waals surface area (Å²) in [4.78, 5) is 15.0. The molecule has 0 saturated carbocycles. The lowest BCUT2D eigenvalue weighted by atomic mass is 10.1. The SMILES string of the molecule is Cc1ccc(N2CCN(Cc3ccc(O)c([N+](=O)[O-])c3)CC2)cc1.